The minimum atomic E-state index is -0.957. The van der Waals surface area contributed by atoms with Crippen molar-refractivity contribution in [3.63, 3.8) is 0 Å². The molecule has 0 bridgehead atoms. The highest BCUT2D eigenvalue weighted by Crippen LogP contribution is 2.33. The van der Waals surface area contributed by atoms with Crippen molar-refractivity contribution >= 4 is 12.0 Å². The van der Waals surface area contributed by atoms with E-state index in [1.807, 2.05) is 6.92 Å². The van der Waals surface area contributed by atoms with Gasteiger partial charge in [-0.2, -0.15) is 0 Å². The van der Waals surface area contributed by atoms with Gasteiger partial charge in [0.05, 0.1) is 0 Å². The average Bonchev–Trinajstić information content (AvgIpc) is 2.76. The summed E-state index contributed by atoms with van der Waals surface area (Å²) in [5.41, 5.74) is 0.185. The molecule has 0 aliphatic carbocycles. The second kappa shape index (κ2) is 6.26. The Morgan fingerprint density at radius 3 is 2.47 bits per heavy atom. The number of hydrogen-bond acceptors (Lipinski definition) is 2. The molecule has 5 nitrogen and oxygen atoms in total. The monoisotopic (exact) mass is 270 g/mol. The number of carbonyl (C=O) groups is 2. The molecule has 0 spiro atoms. The van der Waals surface area contributed by atoms with Gasteiger partial charge in [-0.25, -0.2) is 9.59 Å². The highest BCUT2D eigenvalue weighted by atomic mass is 16.4. The van der Waals surface area contributed by atoms with E-state index in [2.05, 4.69) is 26.1 Å². The number of urea groups is 1. The number of rotatable bonds is 4. The summed E-state index contributed by atoms with van der Waals surface area (Å²) in [6.07, 6.45) is 2.20. The van der Waals surface area contributed by atoms with Crippen molar-refractivity contribution in [2.24, 2.45) is 11.3 Å². The summed E-state index contributed by atoms with van der Waals surface area (Å²) in [7, 11) is 0. The van der Waals surface area contributed by atoms with Crippen LogP contribution in [0.15, 0.2) is 0 Å². The predicted molar refractivity (Wildman–Crippen MR) is 74.0 cm³/mol. The molecule has 2 amide bonds. The molecule has 19 heavy (non-hydrogen) atoms. The van der Waals surface area contributed by atoms with E-state index in [-0.39, 0.29) is 11.4 Å². The summed E-state index contributed by atoms with van der Waals surface area (Å²) in [4.78, 5) is 24.8. The van der Waals surface area contributed by atoms with Crippen LogP contribution in [0.5, 0.6) is 0 Å². The lowest BCUT2D eigenvalue weighted by atomic mass is 9.80. The van der Waals surface area contributed by atoms with Gasteiger partial charge >= 0.3 is 12.0 Å². The summed E-state index contributed by atoms with van der Waals surface area (Å²) in [6, 6.07) is -1.02. The van der Waals surface area contributed by atoms with Crippen LogP contribution >= 0.6 is 0 Å². The standard InChI is InChI=1S/C14H26N2O3/c1-5-6-11(12(17)18)15-13(19)16-8-7-10(9-16)14(2,3)4/h10-11H,5-9H2,1-4H3,(H,15,19)(H,17,18)/t10?,11-/m0/s1. The number of nitrogens with one attached hydrogen (secondary N) is 1. The van der Waals surface area contributed by atoms with E-state index < -0.39 is 12.0 Å². The number of carboxylic acids is 1. The number of carboxylic acid groups (broad SMARTS) is 1. The molecular formula is C14H26N2O3. The molecule has 2 atom stereocenters. The number of nitrogens with zero attached hydrogens (tertiary/aromatic N) is 1. The fourth-order valence-electron chi connectivity index (χ4n) is 2.44. The molecule has 1 heterocycles. The van der Waals surface area contributed by atoms with Crippen molar-refractivity contribution in [2.75, 3.05) is 13.1 Å². The van der Waals surface area contributed by atoms with E-state index in [0.29, 0.717) is 25.4 Å². The summed E-state index contributed by atoms with van der Waals surface area (Å²) in [5, 5.41) is 11.7. The Bertz CT molecular complexity index is 336. The van der Waals surface area contributed by atoms with Gasteiger partial charge in [0, 0.05) is 13.1 Å². The molecule has 1 rings (SSSR count). The van der Waals surface area contributed by atoms with Crippen molar-refractivity contribution in [1.82, 2.24) is 10.2 Å². The highest BCUT2D eigenvalue weighted by Gasteiger charge is 2.34. The summed E-state index contributed by atoms with van der Waals surface area (Å²) >= 11 is 0. The normalized spacial score (nSPS) is 21.3. The molecular weight excluding hydrogens is 244 g/mol. The Kier molecular flexibility index (Phi) is 5.20. The first-order chi connectivity index (χ1) is 8.75. The van der Waals surface area contributed by atoms with E-state index in [0.717, 1.165) is 12.8 Å². The molecule has 1 aliphatic rings. The van der Waals surface area contributed by atoms with Crippen LogP contribution < -0.4 is 5.32 Å². The van der Waals surface area contributed by atoms with Crippen molar-refractivity contribution < 1.29 is 14.7 Å². The number of amides is 2. The Hall–Kier alpha value is -1.26. The molecule has 0 aromatic heterocycles. The van der Waals surface area contributed by atoms with Crippen LogP contribution in [0.25, 0.3) is 0 Å². The van der Waals surface area contributed by atoms with Crippen LogP contribution in [0.2, 0.25) is 0 Å². The van der Waals surface area contributed by atoms with Gasteiger partial charge in [0.25, 0.3) is 0 Å². The maximum absolute atomic E-state index is 12.1. The van der Waals surface area contributed by atoms with E-state index in [1.54, 1.807) is 4.90 Å². The third-order valence-corrected chi connectivity index (χ3v) is 3.87. The molecule has 1 fully saturated rings. The lowest BCUT2D eigenvalue weighted by Gasteiger charge is -2.27. The van der Waals surface area contributed by atoms with Crippen LogP contribution in [-0.4, -0.2) is 41.1 Å². The van der Waals surface area contributed by atoms with Crippen LogP contribution in [0.4, 0.5) is 4.79 Å². The molecule has 0 aromatic carbocycles. The molecule has 1 saturated heterocycles. The quantitative estimate of drug-likeness (QED) is 0.823. The Balaban J connectivity index is 2.53. The SMILES string of the molecule is CCC[C@H](NC(=O)N1CCC(C(C)(C)C)C1)C(=O)O. The summed E-state index contributed by atoms with van der Waals surface area (Å²) < 4.78 is 0. The second-order valence-electron chi connectivity index (χ2n) is 6.43. The zero-order valence-electron chi connectivity index (χ0n) is 12.4. The zero-order valence-corrected chi connectivity index (χ0v) is 12.4. The molecule has 5 heteroatoms. The van der Waals surface area contributed by atoms with Crippen molar-refractivity contribution in [2.45, 2.75) is 53.0 Å². The summed E-state index contributed by atoms with van der Waals surface area (Å²) in [5.74, 6) is -0.477. The third-order valence-electron chi connectivity index (χ3n) is 3.87. The number of carbonyl (C=O) groups excluding carboxylic acids is 1. The molecule has 110 valence electrons. The molecule has 0 aromatic rings. The molecule has 2 N–H and O–H groups in total. The van der Waals surface area contributed by atoms with Gasteiger partial charge in [0.1, 0.15) is 6.04 Å². The maximum atomic E-state index is 12.1. The molecule has 1 aliphatic heterocycles. The largest absolute Gasteiger partial charge is 0.480 e. The summed E-state index contributed by atoms with van der Waals surface area (Å²) in [6.45, 7) is 9.87. The number of hydrogen-bond donors (Lipinski definition) is 2. The Morgan fingerprint density at radius 2 is 2.05 bits per heavy atom. The van der Waals surface area contributed by atoms with Gasteiger partial charge in [-0.3, -0.25) is 0 Å². The third kappa shape index (κ3) is 4.40. The van der Waals surface area contributed by atoms with E-state index in [4.69, 9.17) is 5.11 Å². The smallest absolute Gasteiger partial charge is 0.326 e. The van der Waals surface area contributed by atoms with E-state index >= 15 is 0 Å². The minimum absolute atomic E-state index is 0.185. The van der Waals surface area contributed by atoms with Gasteiger partial charge in [0.2, 0.25) is 0 Å². The topological polar surface area (TPSA) is 69.6 Å². The fourth-order valence-corrected chi connectivity index (χ4v) is 2.44. The van der Waals surface area contributed by atoms with Crippen LogP contribution in [0.3, 0.4) is 0 Å². The molecule has 0 saturated carbocycles. The minimum Gasteiger partial charge on any atom is -0.480 e. The molecule has 1 unspecified atom stereocenters. The first-order valence-corrected chi connectivity index (χ1v) is 7.04. The van der Waals surface area contributed by atoms with E-state index in [1.165, 1.54) is 0 Å². The van der Waals surface area contributed by atoms with Crippen LogP contribution in [-0.2, 0) is 4.79 Å². The predicted octanol–water partition coefficient (Wildman–Crippen LogP) is 2.32. The van der Waals surface area contributed by atoms with Crippen LogP contribution in [0, 0.1) is 11.3 Å². The number of likely N-dealkylation sites (tertiary alicyclic amines) is 1. The molecule has 0 radical (unpaired) electrons. The number of aliphatic carboxylic acids is 1. The van der Waals surface area contributed by atoms with Gasteiger partial charge < -0.3 is 15.3 Å². The Labute approximate surface area is 115 Å². The van der Waals surface area contributed by atoms with Crippen molar-refractivity contribution in [3.8, 4) is 0 Å². The van der Waals surface area contributed by atoms with Gasteiger partial charge in [-0.1, -0.05) is 34.1 Å². The first kappa shape index (κ1) is 15.8. The Morgan fingerprint density at radius 1 is 1.42 bits per heavy atom. The van der Waals surface area contributed by atoms with E-state index in [9.17, 15) is 9.59 Å². The average molecular weight is 270 g/mol. The first-order valence-electron chi connectivity index (χ1n) is 7.04. The highest BCUT2D eigenvalue weighted by molar-refractivity contribution is 5.82. The maximum Gasteiger partial charge on any atom is 0.326 e. The zero-order chi connectivity index (χ0) is 14.6. The van der Waals surface area contributed by atoms with Gasteiger partial charge in [-0.05, 0) is 24.2 Å². The van der Waals surface area contributed by atoms with Crippen molar-refractivity contribution in [3.05, 3.63) is 0 Å². The van der Waals surface area contributed by atoms with Gasteiger partial charge in [-0.15, -0.1) is 0 Å². The second-order valence-corrected chi connectivity index (χ2v) is 6.43. The lowest BCUT2D eigenvalue weighted by molar-refractivity contribution is -0.139. The fraction of sp³-hybridized carbons (Fsp3) is 0.857. The van der Waals surface area contributed by atoms with Crippen LogP contribution in [0.1, 0.15) is 47.0 Å². The van der Waals surface area contributed by atoms with Crippen molar-refractivity contribution in [1.29, 1.82) is 0 Å². The van der Waals surface area contributed by atoms with Gasteiger partial charge in [0.15, 0.2) is 0 Å². The lowest BCUT2D eigenvalue weighted by Crippen LogP contribution is -2.47.